The molecule has 2 fully saturated rings. The molecule has 0 N–H and O–H groups in total. The van der Waals surface area contributed by atoms with Crippen LogP contribution in [0.25, 0.3) is 0 Å². The van der Waals surface area contributed by atoms with Crippen molar-refractivity contribution in [2.75, 3.05) is 0 Å². The molecule has 0 aromatic heterocycles. The number of esters is 1. The van der Waals surface area contributed by atoms with Gasteiger partial charge in [-0.3, -0.25) is 4.79 Å². The Morgan fingerprint density at radius 3 is 3.07 bits per heavy atom. The molecule has 0 aromatic carbocycles. The van der Waals surface area contributed by atoms with E-state index in [1.54, 1.807) is 0 Å². The zero-order chi connectivity index (χ0) is 10.9. The molecule has 1 saturated carbocycles. The van der Waals surface area contributed by atoms with Crippen LogP contribution in [0.1, 0.15) is 45.4 Å². The molecule has 0 unspecified atom stereocenters. The first kappa shape index (κ1) is 10.7. The lowest BCUT2D eigenvalue weighted by atomic mass is 9.66. The summed E-state index contributed by atoms with van der Waals surface area (Å²) >= 11 is 0. The third kappa shape index (κ3) is 1.60. The third-order valence-electron chi connectivity index (χ3n) is 4.21. The molecule has 1 aliphatic heterocycles. The summed E-state index contributed by atoms with van der Waals surface area (Å²) in [6.45, 7) is 5.96. The Balaban J connectivity index is 2.24. The van der Waals surface area contributed by atoms with Crippen LogP contribution in [0.2, 0.25) is 0 Å². The monoisotopic (exact) mass is 208 g/mol. The van der Waals surface area contributed by atoms with Crippen molar-refractivity contribution in [1.29, 1.82) is 0 Å². The lowest BCUT2D eigenvalue weighted by Crippen LogP contribution is -2.45. The molecule has 0 radical (unpaired) electrons. The summed E-state index contributed by atoms with van der Waals surface area (Å²) < 4.78 is 5.68. The molecular formula is C13H20O2. The fourth-order valence-corrected chi connectivity index (χ4v) is 3.50. The van der Waals surface area contributed by atoms with Gasteiger partial charge in [0.2, 0.25) is 0 Å². The molecule has 0 amide bonds. The van der Waals surface area contributed by atoms with E-state index >= 15 is 0 Å². The van der Waals surface area contributed by atoms with Crippen LogP contribution in [0.5, 0.6) is 0 Å². The highest BCUT2D eigenvalue weighted by atomic mass is 16.6. The number of ether oxygens (including phenoxy) is 1. The summed E-state index contributed by atoms with van der Waals surface area (Å²) in [6, 6.07) is 0. The molecule has 0 aromatic rings. The lowest BCUT2D eigenvalue weighted by molar-refractivity contribution is -0.158. The quantitative estimate of drug-likeness (QED) is 0.526. The van der Waals surface area contributed by atoms with Crippen molar-refractivity contribution in [3.05, 3.63) is 12.7 Å². The molecule has 15 heavy (non-hydrogen) atoms. The summed E-state index contributed by atoms with van der Waals surface area (Å²) in [5.74, 6) is 0.983. The standard InChI is InChI=1S/C13H20O2/c1-3-6-10-7-5-8-11-9-12(14)15-13(10,11)4-2/h3,10-11H,1,4-9H2,2H3/t10-,11-,13-/m0/s1. The van der Waals surface area contributed by atoms with E-state index in [1.165, 1.54) is 12.8 Å². The second-order valence-electron chi connectivity index (χ2n) is 4.84. The van der Waals surface area contributed by atoms with Gasteiger partial charge in [0.1, 0.15) is 5.60 Å². The van der Waals surface area contributed by atoms with Crippen molar-refractivity contribution in [2.45, 2.75) is 51.0 Å². The van der Waals surface area contributed by atoms with Gasteiger partial charge in [0.25, 0.3) is 0 Å². The minimum atomic E-state index is -0.149. The number of rotatable bonds is 3. The maximum atomic E-state index is 11.5. The first-order chi connectivity index (χ1) is 7.23. The third-order valence-corrected chi connectivity index (χ3v) is 4.21. The van der Waals surface area contributed by atoms with E-state index in [0.717, 1.165) is 19.3 Å². The Kier molecular flexibility index (Phi) is 2.85. The summed E-state index contributed by atoms with van der Waals surface area (Å²) in [5.41, 5.74) is -0.149. The van der Waals surface area contributed by atoms with Gasteiger partial charge in [-0.05, 0) is 25.7 Å². The van der Waals surface area contributed by atoms with Crippen molar-refractivity contribution in [1.82, 2.24) is 0 Å². The maximum absolute atomic E-state index is 11.5. The molecule has 1 aliphatic carbocycles. The van der Waals surface area contributed by atoms with Gasteiger partial charge in [0, 0.05) is 11.8 Å². The molecule has 2 heteroatoms. The molecule has 2 rings (SSSR count). The van der Waals surface area contributed by atoms with Gasteiger partial charge in [-0.25, -0.2) is 0 Å². The minimum Gasteiger partial charge on any atom is -0.458 e. The van der Waals surface area contributed by atoms with Crippen LogP contribution in [0.3, 0.4) is 0 Å². The van der Waals surface area contributed by atoms with Crippen LogP contribution < -0.4 is 0 Å². The van der Waals surface area contributed by atoms with Crippen molar-refractivity contribution in [3.63, 3.8) is 0 Å². The second kappa shape index (κ2) is 3.99. The number of hydrogen-bond donors (Lipinski definition) is 0. The largest absolute Gasteiger partial charge is 0.458 e. The van der Waals surface area contributed by atoms with Gasteiger partial charge in [-0.2, -0.15) is 0 Å². The summed E-state index contributed by atoms with van der Waals surface area (Å²) in [6.07, 6.45) is 8.13. The van der Waals surface area contributed by atoms with Gasteiger partial charge >= 0.3 is 5.97 Å². The van der Waals surface area contributed by atoms with Crippen molar-refractivity contribution in [2.24, 2.45) is 11.8 Å². The number of carbonyl (C=O) groups excluding carboxylic acids is 1. The molecule has 0 bridgehead atoms. The highest BCUT2D eigenvalue weighted by Crippen LogP contribution is 2.50. The Morgan fingerprint density at radius 2 is 2.40 bits per heavy atom. The minimum absolute atomic E-state index is 0.0119. The van der Waals surface area contributed by atoms with E-state index in [0.29, 0.717) is 18.3 Å². The zero-order valence-electron chi connectivity index (χ0n) is 9.50. The van der Waals surface area contributed by atoms with Gasteiger partial charge in [-0.1, -0.05) is 19.4 Å². The Hall–Kier alpha value is -0.790. The normalized spacial score (nSPS) is 39.7. The fraction of sp³-hybridized carbons (Fsp3) is 0.769. The summed E-state index contributed by atoms with van der Waals surface area (Å²) in [4.78, 5) is 11.5. The summed E-state index contributed by atoms with van der Waals surface area (Å²) in [7, 11) is 0. The van der Waals surface area contributed by atoms with Crippen molar-refractivity contribution in [3.8, 4) is 0 Å². The number of fused-ring (bicyclic) bond motifs is 1. The van der Waals surface area contributed by atoms with E-state index in [4.69, 9.17) is 4.74 Å². The molecule has 84 valence electrons. The van der Waals surface area contributed by atoms with Crippen LogP contribution in [0.4, 0.5) is 0 Å². The van der Waals surface area contributed by atoms with Crippen molar-refractivity contribution < 1.29 is 9.53 Å². The highest BCUT2D eigenvalue weighted by Gasteiger charge is 2.53. The van der Waals surface area contributed by atoms with Gasteiger partial charge in [-0.15, -0.1) is 6.58 Å². The van der Waals surface area contributed by atoms with Crippen LogP contribution in [-0.2, 0) is 9.53 Å². The van der Waals surface area contributed by atoms with E-state index in [-0.39, 0.29) is 11.6 Å². The lowest BCUT2D eigenvalue weighted by Gasteiger charge is -2.43. The first-order valence-corrected chi connectivity index (χ1v) is 6.05. The topological polar surface area (TPSA) is 26.3 Å². The fourth-order valence-electron chi connectivity index (χ4n) is 3.50. The molecule has 1 heterocycles. The van der Waals surface area contributed by atoms with Crippen molar-refractivity contribution >= 4 is 5.97 Å². The van der Waals surface area contributed by atoms with Gasteiger partial charge in [0.15, 0.2) is 0 Å². The number of carbonyl (C=O) groups is 1. The Labute approximate surface area is 91.7 Å². The maximum Gasteiger partial charge on any atom is 0.306 e. The van der Waals surface area contributed by atoms with Gasteiger partial charge in [0.05, 0.1) is 6.42 Å². The molecule has 3 atom stereocenters. The van der Waals surface area contributed by atoms with E-state index in [2.05, 4.69) is 13.5 Å². The Bertz CT molecular complexity index is 272. The average Bonchev–Trinajstić information content (AvgIpc) is 2.56. The van der Waals surface area contributed by atoms with Crippen LogP contribution in [-0.4, -0.2) is 11.6 Å². The van der Waals surface area contributed by atoms with Gasteiger partial charge < -0.3 is 4.74 Å². The van der Waals surface area contributed by atoms with Crippen LogP contribution in [0.15, 0.2) is 12.7 Å². The SMILES string of the molecule is C=CC[C@H]1CCC[C@H]2CC(=O)O[C@@]12CC. The molecule has 2 aliphatic rings. The van der Waals surface area contributed by atoms with E-state index in [9.17, 15) is 4.79 Å². The predicted molar refractivity (Wildman–Crippen MR) is 59.4 cm³/mol. The summed E-state index contributed by atoms with van der Waals surface area (Å²) in [5, 5.41) is 0. The molecule has 2 nitrogen and oxygen atoms in total. The Morgan fingerprint density at radius 1 is 1.60 bits per heavy atom. The second-order valence-corrected chi connectivity index (χ2v) is 4.84. The number of allylic oxidation sites excluding steroid dienone is 1. The number of hydrogen-bond acceptors (Lipinski definition) is 2. The zero-order valence-corrected chi connectivity index (χ0v) is 9.50. The highest BCUT2D eigenvalue weighted by molar-refractivity contribution is 5.73. The van der Waals surface area contributed by atoms with E-state index < -0.39 is 0 Å². The van der Waals surface area contributed by atoms with Crippen LogP contribution in [0, 0.1) is 11.8 Å². The van der Waals surface area contributed by atoms with E-state index in [1.807, 2.05) is 6.08 Å². The molecular weight excluding hydrogens is 188 g/mol. The average molecular weight is 208 g/mol. The van der Waals surface area contributed by atoms with Crippen LogP contribution >= 0.6 is 0 Å². The first-order valence-electron chi connectivity index (χ1n) is 6.05. The predicted octanol–water partition coefficient (Wildman–Crippen LogP) is 3.07. The molecule has 0 spiro atoms. The smallest absolute Gasteiger partial charge is 0.306 e. The molecule has 1 saturated heterocycles.